The number of nitrogens with zero attached hydrogens (tertiary/aromatic N) is 3. The molecule has 1 heterocycles. The second-order valence-corrected chi connectivity index (χ2v) is 4.44. The van der Waals surface area contributed by atoms with Gasteiger partial charge in [0.1, 0.15) is 5.15 Å². The molecule has 0 spiro atoms. The lowest BCUT2D eigenvalue weighted by Crippen LogP contribution is -2.26. The molecule has 100 valence electrons. The van der Waals surface area contributed by atoms with E-state index >= 15 is 0 Å². The predicted octanol–water partition coefficient (Wildman–Crippen LogP) is 1.24. The van der Waals surface area contributed by atoms with Crippen LogP contribution in [0.3, 0.4) is 0 Å². The summed E-state index contributed by atoms with van der Waals surface area (Å²) in [6.45, 7) is 2.44. The van der Waals surface area contributed by atoms with Gasteiger partial charge in [-0.15, -0.1) is 0 Å². The van der Waals surface area contributed by atoms with E-state index in [-0.39, 0.29) is 12.5 Å². The molecule has 0 aliphatic carbocycles. The highest BCUT2D eigenvalue weighted by Gasteiger charge is 2.09. The van der Waals surface area contributed by atoms with E-state index in [1.807, 2.05) is 6.92 Å². The van der Waals surface area contributed by atoms with Crippen LogP contribution in [0.1, 0.15) is 17.7 Å². The summed E-state index contributed by atoms with van der Waals surface area (Å²) in [6, 6.07) is 0. The molecule has 0 aromatic carbocycles. The summed E-state index contributed by atoms with van der Waals surface area (Å²) in [5.74, 6) is -0.122. The molecule has 0 saturated carbocycles. The summed E-state index contributed by atoms with van der Waals surface area (Å²) < 4.78 is 1.57. The molecule has 0 radical (unpaired) electrons. The highest BCUT2D eigenvalue weighted by molar-refractivity contribution is 6.31. The van der Waals surface area contributed by atoms with Crippen molar-refractivity contribution >= 4 is 23.6 Å². The highest BCUT2D eigenvalue weighted by Crippen LogP contribution is 2.19. The van der Waals surface area contributed by atoms with Crippen LogP contribution in [-0.4, -0.2) is 45.9 Å². The van der Waals surface area contributed by atoms with Crippen LogP contribution in [0.15, 0.2) is 6.08 Å². The normalized spacial score (nSPS) is 11.2. The summed E-state index contributed by atoms with van der Waals surface area (Å²) >= 11 is 6.05. The Labute approximate surface area is 112 Å². The van der Waals surface area contributed by atoms with Gasteiger partial charge in [-0.1, -0.05) is 11.6 Å². The van der Waals surface area contributed by atoms with Gasteiger partial charge in [0.25, 0.3) is 0 Å². The molecule has 5 nitrogen and oxygen atoms in total. The fourth-order valence-corrected chi connectivity index (χ4v) is 1.77. The van der Waals surface area contributed by atoms with Crippen molar-refractivity contribution in [1.29, 1.82) is 0 Å². The van der Waals surface area contributed by atoms with Crippen molar-refractivity contribution < 1.29 is 9.90 Å². The van der Waals surface area contributed by atoms with Crippen LogP contribution in [-0.2, 0) is 11.8 Å². The Morgan fingerprint density at radius 1 is 1.61 bits per heavy atom. The van der Waals surface area contributed by atoms with Crippen LogP contribution in [0, 0.1) is 6.92 Å². The number of rotatable bonds is 5. The van der Waals surface area contributed by atoms with Crippen molar-refractivity contribution in [3.63, 3.8) is 0 Å². The van der Waals surface area contributed by atoms with Crippen LogP contribution >= 0.6 is 11.6 Å². The number of likely N-dealkylation sites (N-methyl/N-ethyl adjacent to an activating group) is 1. The third-order valence-electron chi connectivity index (χ3n) is 2.62. The third kappa shape index (κ3) is 3.58. The monoisotopic (exact) mass is 271 g/mol. The van der Waals surface area contributed by atoms with Crippen molar-refractivity contribution in [1.82, 2.24) is 14.7 Å². The Morgan fingerprint density at radius 2 is 2.28 bits per heavy atom. The van der Waals surface area contributed by atoms with Gasteiger partial charge in [-0.2, -0.15) is 5.10 Å². The number of aliphatic hydroxyl groups excluding tert-OH is 1. The number of aliphatic hydroxyl groups is 1. The Kier molecular flexibility index (Phi) is 5.37. The van der Waals surface area contributed by atoms with Crippen molar-refractivity contribution in [3.8, 4) is 0 Å². The molecular formula is C12H18ClN3O2. The van der Waals surface area contributed by atoms with Crippen LogP contribution in [0.4, 0.5) is 0 Å². The SMILES string of the molecule is Cc1nn(C)c(Cl)c1/C=C/C(=O)N(C)CCCO. The molecule has 0 saturated heterocycles. The van der Waals surface area contributed by atoms with Gasteiger partial charge in [0.05, 0.1) is 5.69 Å². The number of amides is 1. The average molecular weight is 272 g/mol. The van der Waals surface area contributed by atoms with Gasteiger partial charge < -0.3 is 10.0 Å². The smallest absolute Gasteiger partial charge is 0.246 e. The standard InChI is InChI=1S/C12H18ClN3O2/c1-9-10(12(13)16(3)14-9)5-6-11(18)15(2)7-4-8-17/h5-6,17H,4,7-8H2,1-3H3/b6-5+. The van der Waals surface area contributed by atoms with Crippen molar-refractivity contribution in [2.75, 3.05) is 20.2 Å². The summed E-state index contributed by atoms with van der Waals surface area (Å²) in [5.41, 5.74) is 1.53. The molecular weight excluding hydrogens is 254 g/mol. The van der Waals surface area contributed by atoms with Crippen molar-refractivity contribution in [2.24, 2.45) is 7.05 Å². The van der Waals surface area contributed by atoms with Gasteiger partial charge in [0, 0.05) is 38.9 Å². The molecule has 0 unspecified atom stereocenters. The maximum atomic E-state index is 11.7. The highest BCUT2D eigenvalue weighted by atomic mass is 35.5. The average Bonchev–Trinajstić information content (AvgIpc) is 2.58. The number of halogens is 1. The fraction of sp³-hybridized carbons (Fsp3) is 0.500. The molecule has 0 fully saturated rings. The molecule has 1 N–H and O–H groups in total. The fourth-order valence-electron chi connectivity index (χ4n) is 1.54. The first kappa shape index (κ1) is 14.7. The summed E-state index contributed by atoms with van der Waals surface area (Å²) in [4.78, 5) is 13.3. The Morgan fingerprint density at radius 3 is 2.78 bits per heavy atom. The van der Waals surface area contributed by atoms with E-state index in [2.05, 4.69) is 5.10 Å². The molecule has 6 heteroatoms. The maximum absolute atomic E-state index is 11.7. The van der Waals surface area contributed by atoms with E-state index in [0.29, 0.717) is 18.1 Å². The Bertz CT molecular complexity index is 454. The topological polar surface area (TPSA) is 58.4 Å². The molecule has 1 aromatic rings. The van der Waals surface area contributed by atoms with Crippen LogP contribution in [0.2, 0.25) is 5.15 Å². The van der Waals surface area contributed by atoms with Crippen LogP contribution in [0.25, 0.3) is 6.08 Å². The number of hydrogen-bond donors (Lipinski definition) is 1. The molecule has 1 rings (SSSR count). The number of aromatic nitrogens is 2. The lowest BCUT2D eigenvalue weighted by atomic mass is 10.2. The maximum Gasteiger partial charge on any atom is 0.246 e. The first-order chi connectivity index (χ1) is 8.47. The second kappa shape index (κ2) is 6.56. The minimum absolute atomic E-state index is 0.0782. The van der Waals surface area contributed by atoms with Crippen LogP contribution in [0.5, 0.6) is 0 Å². The van der Waals surface area contributed by atoms with Crippen LogP contribution < -0.4 is 0 Å². The van der Waals surface area contributed by atoms with E-state index in [1.165, 1.54) is 6.08 Å². The number of carbonyl (C=O) groups is 1. The molecule has 0 bridgehead atoms. The van der Waals surface area contributed by atoms with E-state index in [1.54, 1.807) is 29.8 Å². The molecule has 1 amide bonds. The number of aryl methyl sites for hydroxylation is 2. The number of hydrogen-bond acceptors (Lipinski definition) is 3. The van der Waals surface area contributed by atoms with Gasteiger partial charge in [0.2, 0.25) is 5.91 Å². The molecule has 0 aliphatic heterocycles. The molecule has 1 aromatic heterocycles. The minimum Gasteiger partial charge on any atom is -0.396 e. The molecule has 0 aliphatic rings. The van der Waals surface area contributed by atoms with Gasteiger partial charge in [-0.3, -0.25) is 9.48 Å². The zero-order chi connectivity index (χ0) is 13.7. The van der Waals surface area contributed by atoms with Gasteiger partial charge in [-0.25, -0.2) is 0 Å². The van der Waals surface area contributed by atoms with Crippen molar-refractivity contribution in [3.05, 3.63) is 22.5 Å². The van der Waals surface area contributed by atoms with Gasteiger partial charge >= 0.3 is 0 Å². The summed E-state index contributed by atoms with van der Waals surface area (Å²) in [6.07, 6.45) is 3.71. The largest absolute Gasteiger partial charge is 0.396 e. The zero-order valence-electron chi connectivity index (χ0n) is 10.9. The van der Waals surface area contributed by atoms with Crippen molar-refractivity contribution in [2.45, 2.75) is 13.3 Å². The Hall–Kier alpha value is -1.33. The van der Waals surface area contributed by atoms with Gasteiger partial charge in [0.15, 0.2) is 0 Å². The summed E-state index contributed by atoms with van der Waals surface area (Å²) in [7, 11) is 3.45. The van der Waals surface area contributed by atoms with E-state index in [4.69, 9.17) is 16.7 Å². The molecule has 18 heavy (non-hydrogen) atoms. The number of carbonyl (C=O) groups excluding carboxylic acids is 1. The molecule has 0 atom stereocenters. The first-order valence-electron chi connectivity index (χ1n) is 5.70. The van der Waals surface area contributed by atoms with E-state index in [0.717, 1.165) is 11.3 Å². The first-order valence-corrected chi connectivity index (χ1v) is 6.08. The minimum atomic E-state index is -0.122. The summed E-state index contributed by atoms with van der Waals surface area (Å²) in [5, 5.41) is 13.4. The lowest BCUT2D eigenvalue weighted by molar-refractivity contribution is -0.124. The Balaban J connectivity index is 2.71. The zero-order valence-corrected chi connectivity index (χ0v) is 11.6. The quantitative estimate of drug-likeness (QED) is 0.820. The third-order valence-corrected chi connectivity index (χ3v) is 3.06. The lowest BCUT2D eigenvalue weighted by Gasteiger charge is -2.13. The predicted molar refractivity (Wildman–Crippen MR) is 71.3 cm³/mol. The van der Waals surface area contributed by atoms with Gasteiger partial charge in [-0.05, 0) is 19.4 Å². The van der Waals surface area contributed by atoms with E-state index < -0.39 is 0 Å². The van der Waals surface area contributed by atoms with E-state index in [9.17, 15) is 4.79 Å². The second-order valence-electron chi connectivity index (χ2n) is 4.08.